The number of ether oxygens (including phenoxy) is 3. The van der Waals surface area contributed by atoms with E-state index < -0.39 is 6.10 Å². The minimum atomic E-state index is -0.400. The topological polar surface area (TPSA) is 48.0 Å². The van der Waals surface area contributed by atoms with E-state index in [0.717, 1.165) is 40.8 Å². The Labute approximate surface area is 221 Å². The number of nitrogens with zero attached hydrogens (tertiary/aromatic N) is 1. The van der Waals surface area contributed by atoms with Gasteiger partial charge in [-0.15, -0.1) is 0 Å². The van der Waals surface area contributed by atoms with Gasteiger partial charge in [0.2, 0.25) is 0 Å². The molecule has 2 heterocycles. The molecule has 2 fully saturated rings. The molecule has 0 N–H and O–H groups in total. The highest BCUT2D eigenvalue weighted by atomic mass is 79.9. The van der Waals surface area contributed by atoms with Crippen molar-refractivity contribution in [2.24, 2.45) is 5.92 Å². The van der Waals surface area contributed by atoms with Crippen molar-refractivity contribution in [2.75, 3.05) is 26.7 Å². The Balaban J connectivity index is 1.43. The molecule has 0 aliphatic carbocycles. The summed E-state index contributed by atoms with van der Waals surface area (Å²) >= 11 is 3.74. The highest BCUT2D eigenvalue weighted by Gasteiger charge is 2.47. The van der Waals surface area contributed by atoms with E-state index in [0.29, 0.717) is 18.1 Å². The minimum absolute atomic E-state index is 0.101. The van der Waals surface area contributed by atoms with Crippen molar-refractivity contribution in [3.05, 3.63) is 94.0 Å². The number of halogens is 1. The molecule has 3 aromatic rings. The normalized spacial score (nSPS) is 22.3. The minimum Gasteiger partial charge on any atom is -0.493 e. The van der Waals surface area contributed by atoms with Crippen LogP contribution in [0.4, 0.5) is 0 Å². The zero-order chi connectivity index (χ0) is 24.9. The Morgan fingerprint density at radius 1 is 0.944 bits per heavy atom. The number of esters is 1. The predicted octanol–water partition coefficient (Wildman–Crippen LogP) is 6.52. The van der Waals surface area contributed by atoms with Crippen LogP contribution in [0.3, 0.4) is 0 Å². The van der Waals surface area contributed by atoms with Crippen LogP contribution in [0, 0.1) is 5.92 Å². The summed E-state index contributed by atoms with van der Waals surface area (Å²) in [5, 5.41) is 0. The van der Waals surface area contributed by atoms with E-state index >= 15 is 0 Å². The van der Waals surface area contributed by atoms with Gasteiger partial charge in [0.25, 0.3) is 0 Å². The second-order valence-corrected chi connectivity index (χ2v) is 10.4. The highest BCUT2D eigenvalue weighted by Crippen LogP contribution is 2.49. The van der Waals surface area contributed by atoms with Gasteiger partial charge in [0.15, 0.2) is 11.5 Å². The Morgan fingerprint density at radius 3 is 2.44 bits per heavy atom. The first-order chi connectivity index (χ1) is 17.6. The molecule has 5 rings (SSSR count). The van der Waals surface area contributed by atoms with Gasteiger partial charge in [-0.3, -0.25) is 4.79 Å². The van der Waals surface area contributed by atoms with Crippen LogP contribution < -0.4 is 9.47 Å². The van der Waals surface area contributed by atoms with E-state index in [1.54, 1.807) is 7.11 Å². The van der Waals surface area contributed by atoms with Gasteiger partial charge in [0, 0.05) is 16.9 Å². The molecule has 5 nitrogen and oxygen atoms in total. The molecule has 0 radical (unpaired) electrons. The van der Waals surface area contributed by atoms with E-state index in [-0.39, 0.29) is 17.8 Å². The Morgan fingerprint density at radius 2 is 1.69 bits per heavy atom. The van der Waals surface area contributed by atoms with Crippen LogP contribution in [-0.2, 0) is 16.1 Å². The molecule has 2 aliphatic heterocycles. The van der Waals surface area contributed by atoms with Crippen LogP contribution in [0.15, 0.2) is 77.3 Å². The van der Waals surface area contributed by atoms with E-state index in [9.17, 15) is 4.79 Å². The number of hydrogen-bond donors (Lipinski definition) is 0. The first-order valence-corrected chi connectivity index (χ1v) is 13.5. The van der Waals surface area contributed by atoms with Crippen LogP contribution in [-0.4, -0.2) is 37.6 Å². The van der Waals surface area contributed by atoms with Gasteiger partial charge in [-0.2, -0.15) is 0 Å². The largest absolute Gasteiger partial charge is 0.493 e. The molecule has 188 valence electrons. The van der Waals surface area contributed by atoms with Gasteiger partial charge in [-0.1, -0.05) is 76.9 Å². The average molecular weight is 550 g/mol. The molecular weight excluding hydrogens is 518 g/mol. The number of carbonyl (C=O) groups excluding carboxylic acids is 1. The summed E-state index contributed by atoms with van der Waals surface area (Å²) in [7, 11) is 1.64. The van der Waals surface area contributed by atoms with Crippen molar-refractivity contribution in [3.63, 3.8) is 0 Å². The van der Waals surface area contributed by atoms with E-state index in [4.69, 9.17) is 14.2 Å². The van der Waals surface area contributed by atoms with Gasteiger partial charge < -0.3 is 19.1 Å². The molecule has 0 saturated carbocycles. The number of hydrogen-bond acceptors (Lipinski definition) is 5. The summed E-state index contributed by atoms with van der Waals surface area (Å²) in [4.78, 5) is 15.7. The van der Waals surface area contributed by atoms with E-state index in [1.807, 2.05) is 66.7 Å². The Hall–Kier alpha value is -2.83. The second kappa shape index (κ2) is 11.5. The maximum Gasteiger partial charge on any atom is 0.311 e. The van der Waals surface area contributed by atoms with Crippen LogP contribution in [0.5, 0.6) is 11.5 Å². The summed E-state index contributed by atoms with van der Waals surface area (Å²) in [6, 6.07) is 24.1. The van der Waals surface area contributed by atoms with Crippen LogP contribution >= 0.6 is 15.9 Å². The summed E-state index contributed by atoms with van der Waals surface area (Å²) in [5.41, 5.74) is 3.09. The van der Waals surface area contributed by atoms with Crippen molar-refractivity contribution in [1.29, 1.82) is 0 Å². The second-order valence-electron chi connectivity index (χ2n) is 9.56. The fourth-order valence-electron chi connectivity index (χ4n) is 5.37. The van der Waals surface area contributed by atoms with Crippen molar-refractivity contribution in [1.82, 2.24) is 4.90 Å². The molecular formula is C30H32BrNO4. The van der Waals surface area contributed by atoms with Gasteiger partial charge >= 0.3 is 5.97 Å². The van der Waals surface area contributed by atoms with Gasteiger partial charge in [0.05, 0.1) is 13.0 Å². The average Bonchev–Trinajstić information content (AvgIpc) is 3.24. The van der Waals surface area contributed by atoms with Crippen LogP contribution in [0.2, 0.25) is 0 Å². The van der Waals surface area contributed by atoms with Crippen molar-refractivity contribution in [2.45, 2.75) is 37.9 Å². The monoisotopic (exact) mass is 549 g/mol. The first kappa shape index (κ1) is 24.8. The number of rotatable bonds is 8. The number of benzene rings is 3. The number of likely N-dealkylation sites (tertiary alicyclic amines) is 1. The lowest BCUT2D eigenvalue weighted by atomic mass is 9.81. The molecule has 2 saturated heterocycles. The van der Waals surface area contributed by atoms with Gasteiger partial charge in [-0.25, -0.2) is 0 Å². The summed E-state index contributed by atoms with van der Waals surface area (Å²) in [6.07, 6.45) is 3.24. The SMILES string of the molecule is COc1cc(C2OC(=O)C(CN3CCCCC3)C2c2ccccc2Br)ccc1OCc1ccccc1. The summed E-state index contributed by atoms with van der Waals surface area (Å²) in [6.45, 7) is 3.25. The third kappa shape index (κ3) is 5.45. The van der Waals surface area contributed by atoms with Crippen molar-refractivity contribution < 1.29 is 19.0 Å². The van der Waals surface area contributed by atoms with Gasteiger partial charge in [0.1, 0.15) is 12.7 Å². The summed E-state index contributed by atoms with van der Waals surface area (Å²) < 4.78 is 18.9. The number of piperidine rings is 1. The number of cyclic esters (lactones) is 1. The quantitative estimate of drug-likeness (QED) is 0.299. The molecule has 3 unspecified atom stereocenters. The molecule has 0 aromatic heterocycles. The Kier molecular flexibility index (Phi) is 7.93. The predicted molar refractivity (Wildman–Crippen MR) is 143 cm³/mol. The van der Waals surface area contributed by atoms with Crippen molar-refractivity contribution >= 4 is 21.9 Å². The lowest BCUT2D eigenvalue weighted by molar-refractivity contribution is -0.145. The maximum atomic E-state index is 13.3. The summed E-state index contributed by atoms with van der Waals surface area (Å²) in [5.74, 6) is 0.832. The lowest BCUT2D eigenvalue weighted by Crippen LogP contribution is -2.37. The Bertz CT molecular complexity index is 1180. The van der Waals surface area contributed by atoms with E-state index in [1.165, 1.54) is 19.3 Å². The fourth-order valence-corrected chi connectivity index (χ4v) is 5.92. The number of methoxy groups -OCH3 is 1. The standard InChI is InChI=1S/C30H32BrNO4/c1-34-27-18-22(14-15-26(27)35-20-21-10-4-2-5-11-21)29-28(23-12-6-7-13-25(23)31)24(30(33)36-29)19-32-16-8-3-9-17-32/h2,4-7,10-15,18,24,28-29H,3,8-9,16-17,19-20H2,1H3. The van der Waals surface area contributed by atoms with Crippen LogP contribution in [0.1, 0.15) is 48.0 Å². The number of carbonyl (C=O) groups is 1. The lowest BCUT2D eigenvalue weighted by Gasteiger charge is -2.30. The fraction of sp³-hybridized carbons (Fsp3) is 0.367. The third-order valence-electron chi connectivity index (χ3n) is 7.23. The molecule has 3 atom stereocenters. The molecule has 36 heavy (non-hydrogen) atoms. The molecule has 0 bridgehead atoms. The smallest absolute Gasteiger partial charge is 0.311 e. The first-order valence-electron chi connectivity index (χ1n) is 12.7. The molecule has 0 amide bonds. The van der Waals surface area contributed by atoms with Crippen LogP contribution in [0.25, 0.3) is 0 Å². The molecule has 6 heteroatoms. The van der Waals surface area contributed by atoms with Crippen molar-refractivity contribution in [3.8, 4) is 11.5 Å². The highest BCUT2D eigenvalue weighted by molar-refractivity contribution is 9.10. The zero-order valence-corrected chi connectivity index (χ0v) is 22.2. The molecule has 0 spiro atoms. The zero-order valence-electron chi connectivity index (χ0n) is 20.6. The van der Waals surface area contributed by atoms with Gasteiger partial charge in [-0.05, 0) is 60.8 Å². The molecule has 2 aliphatic rings. The maximum absolute atomic E-state index is 13.3. The molecule has 3 aromatic carbocycles. The van der Waals surface area contributed by atoms with E-state index in [2.05, 4.69) is 26.9 Å². The third-order valence-corrected chi connectivity index (χ3v) is 7.95.